The predicted molar refractivity (Wildman–Crippen MR) is 119 cm³/mol. The van der Waals surface area contributed by atoms with Gasteiger partial charge in [0.25, 0.3) is 0 Å². The third kappa shape index (κ3) is 9.29. The van der Waals surface area contributed by atoms with Crippen molar-refractivity contribution in [3.8, 4) is 0 Å². The minimum atomic E-state index is -0.0337. The Balaban J connectivity index is 1.76. The van der Waals surface area contributed by atoms with Crippen LogP contribution in [0.2, 0.25) is 0 Å². The van der Waals surface area contributed by atoms with Crippen molar-refractivity contribution >= 4 is 34.6 Å². The molecule has 0 bridgehead atoms. The smallest absolute Gasteiger partial charge is 0.239 e. The molecule has 28 heavy (non-hydrogen) atoms. The Hall–Kier alpha value is -1.26. The number of nitrogens with one attached hydrogen (secondary N) is 2. The molecule has 1 aromatic rings. The molecule has 9 heteroatoms. The fraction of sp³-hybridized carbons (Fsp3) is 0.684. The number of carbonyl (C=O) groups is 1. The van der Waals surface area contributed by atoms with E-state index in [4.69, 9.17) is 17.0 Å². The van der Waals surface area contributed by atoms with E-state index in [1.807, 2.05) is 19.0 Å². The largest absolute Gasteiger partial charge is 0.379 e. The van der Waals surface area contributed by atoms with Crippen molar-refractivity contribution in [2.75, 3.05) is 73.1 Å². The lowest BCUT2D eigenvalue weighted by Crippen LogP contribution is -2.45. The van der Waals surface area contributed by atoms with Gasteiger partial charge in [0.15, 0.2) is 5.11 Å². The lowest BCUT2D eigenvalue weighted by molar-refractivity contribution is -0.120. The first-order chi connectivity index (χ1) is 13.5. The number of amides is 1. The summed E-state index contributed by atoms with van der Waals surface area (Å²) in [6, 6.07) is 4.18. The van der Waals surface area contributed by atoms with Crippen molar-refractivity contribution in [1.29, 1.82) is 0 Å². The lowest BCUT2D eigenvalue weighted by Gasteiger charge is -2.29. The molecule has 0 spiro atoms. The number of hydrogen-bond acceptors (Lipinski definition) is 6. The second-order valence-corrected chi connectivity index (χ2v) is 8.54. The zero-order chi connectivity index (χ0) is 20.2. The topological polar surface area (TPSA) is 60.1 Å². The maximum Gasteiger partial charge on any atom is 0.239 e. The lowest BCUT2D eigenvalue weighted by atomic mass is 10.3. The summed E-state index contributed by atoms with van der Waals surface area (Å²) in [6.45, 7) is 7.98. The Morgan fingerprint density at radius 2 is 2.07 bits per heavy atom. The highest BCUT2D eigenvalue weighted by Gasteiger charge is 2.14. The number of likely N-dealkylation sites (N-methyl/N-ethyl adjacent to an activating group) is 1. The number of thiophene rings is 1. The van der Waals surface area contributed by atoms with Gasteiger partial charge in [0.2, 0.25) is 5.91 Å². The molecule has 1 aliphatic heterocycles. The predicted octanol–water partition coefficient (Wildman–Crippen LogP) is 0.825. The van der Waals surface area contributed by atoms with Crippen LogP contribution in [0.1, 0.15) is 11.3 Å². The molecular weight excluding hydrogens is 394 g/mol. The first kappa shape index (κ1) is 23.0. The Kier molecular flexibility index (Phi) is 10.7. The van der Waals surface area contributed by atoms with E-state index in [1.54, 1.807) is 11.3 Å². The summed E-state index contributed by atoms with van der Waals surface area (Å²) in [5.74, 6) is -0.0337. The molecule has 1 aromatic heterocycles. The molecule has 1 saturated heterocycles. The number of morpholine rings is 1. The second kappa shape index (κ2) is 13.1. The van der Waals surface area contributed by atoms with E-state index >= 15 is 0 Å². The van der Waals surface area contributed by atoms with Crippen LogP contribution in [0.5, 0.6) is 0 Å². The van der Waals surface area contributed by atoms with E-state index in [9.17, 15) is 4.79 Å². The Morgan fingerprint density at radius 3 is 2.75 bits per heavy atom. The Bertz CT molecular complexity index is 577. The second-order valence-electron chi connectivity index (χ2n) is 7.12. The molecule has 1 amide bonds. The first-order valence-electron chi connectivity index (χ1n) is 9.81. The average Bonchev–Trinajstić information content (AvgIpc) is 3.19. The number of hydrogen-bond donors (Lipinski definition) is 2. The van der Waals surface area contributed by atoms with Gasteiger partial charge in [-0.2, -0.15) is 0 Å². The number of nitrogens with zero attached hydrogens (tertiary/aromatic N) is 3. The van der Waals surface area contributed by atoms with Gasteiger partial charge in [0, 0.05) is 44.1 Å². The molecule has 2 N–H and O–H groups in total. The van der Waals surface area contributed by atoms with Crippen LogP contribution in [-0.4, -0.2) is 98.8 Å². The third-order valence-electron chi connectivity index (χ3n) is 4.50. The van der Waals surface area contributed by atoms with Crippen molar-refractivity contribution in [3.63, 3.8) is 0 Å². The summed E-state index contributed by atoms with van der Waals surface area (Å²) in [4.78, 5) is 19.9. The molecule has 1 fully saturated rings. The minimum absolute atomic E-state index is 0.0337. The molecular formula is C19H33N5O2S2. The van der Waals surface area contributed by atoms with E-state index in [-0.39, 0.29) is 12.5 Å². The Labute approximate surface area is 178 Å². The molecule has 0 aliphatic carbocycles. The van der Waals surface area contributed by atoms with Crippen LogP contribution in [0.15, 0.2) is 17.5 Å². The molecule has 0 unspecified atom stereocenters. The van der Waals surface area contributed by atoms with E-state index < -0.39 is 0 Å². The number of thiocarbonyl (C=S) groups is 1. The highest BCUT2D eigenvalue weighted by Crippen LogP contribution is 2.12. The molecule has 2 rings (SSSR count). The monoisotopic (exact) mass is 427 g/mol. The van der Waals surface area contributed by atoms with Crippen LogP contribution in [-0.2, 0) is 16.1 Å². The van der Waals surface area contributed by atoms with Gasteiger partial charge in [0.1, 0.15) is 0 Å². The number of rotatable bonds is 11. The summed E-state index contributed by atoms with van der Waals surface area (Å²) in [5, 5.41) is 8.74. The maximum absolute atomic E-state index is 12.0. The third-order valence-corrected chi connectivity index (χ3v) is 5.77. The highest BCUT2D eigenvalue weighted by atomic mass is 32.1. The van der Waals surface area contributed by atoms with Crippen molar-refractivity contribution in [1.82, 2.24) is 25.3 Å². The zero-order valence-corrected chi connectivity index (χ0v) is 18.6. The van der Waals surface area contributed by atoms with Crippen molar-refractivity contribution in [2.24, 2.45) is 0 Å². The molecule has 2 heterocycles. The molecule has 1 aliphatic rings. The highest BCUT2D eigenvalue weighted by molar-refractivity contribution is 7.80. The molecule has 158 valence electrons. The fourth-order valence-corrected chi connectivity index (χ4v) is 3.85. The maximum atomic E-state index is 12.0. The summed E-state index contributed by atoms with van der Waals surface area (Å²) in [5.41, 5.74) is 0. The van der Waals surface area contributed by atoms with Crippen molar-refractivity contribution in [3.05, 3.63) is 22.4 Å². The van der Waals surface area contributed by atoms with Gasteiger partial charge in [-0.05, 0) is 44.2 Å². The number of carbonyl (C=O) groups excluding carboxylic acids is 1. The molecule has 0 atom stereocenters. The standard InChI is InChI=1S/C19H33N5O2S2/c1-22(2)9-6-20-18(25)15-21-19(27)24(16-17-5-3-14-28-17)8-4-7-23-10-12-26-13-11-23/h3,5,14H,4,6-13,15-16H2,1-2H3,(H,20,25)(H,21,27). The van der Waals surface area contributed by atoms with Gasteiger partial charge < -0.3 is 25.2 Å². The summed E-state index contributed by atoms with van der Waals surface area (Å²) < 4.78 is 5.41. The zero-order valence-electron chi connectivity index (χ0n) is 17.0. The average molecular weight is 428 g/mol. The quantitative estimate of drug-likeness (QED) is 0.507. The normalized spacial score (nSPS) is 14.8. The van der Waals surface area contributed by atoms with Gasteiger partial charge in [-0.3, -0.25) is 9.69 Å². The SMILES string of the molecule is CN(C)CCNC(=O)CNC(=S)N(CCCN1CCOCC1)Cc1cccs1. The van der Waals surface area contributed by atoms with Gasteiger partial charge in [0.05, 0.1) is 26.3 Å². The summed E-state index contributed by atoms with van der Waals surface area (Å²) in [7, 11) is 3.97. The van der Waals surface area contributed by atoms with Crippen molar-refractivity contribution < 1.29 is 9.53 Å². The van der Waals surface area contributed by atoms with Crippen LogP contribution < -0.4 is 10.6 Å². The van der Waals surface area contributed by atoms with E-state index in [1.165, 1.54) is 4.88 Å². The van der Waals surface area contributed by atoms with Crippen LogP contribution in [0.3, 0.4) is 0 Å². The van der Waals surface area contributed by atoms with E-state index in [0.717, 1.165) is 58.9 Å². The minimum Gasteiger partial charge on any atom is -0.379 e. The van der Waals surface area contributed by atoms with Gasteiger partial charge in [-0.1, -0.05) is 6.07 Å². The van der Waals surface area contributed by atoms with Crippen LogP contribution in [0.25, 0.3) is 0 Å². The first-order valence-corrected chi connectivity index (χ1v) is 11.1. The van der Waals surface area contributed by atoms with E-state index in [0.29, 0.717) is 11.7 Å². The molecule has 0 radical (unpaired) electrons. The number of ether oxygens (including phenoxy) is 1. The fourth-order valence-electron chi connectivity index (χ4n) is 2.90. The summed E-state index contributed by atoms with van der Waals surface area (Å²) >= 11 is 7.32. The van der Waals surface area contributed by atoms with Crippen LogP contribution >= 0.6 is 23.6 Å². The van der Waals surface area contributed by atoms with Gasteiger partial charge in [-0.15, -0.1) is 11.3 Å². The molecule has 7 nitrogen and oxygen atoms in total. The molecule has 0 saturated carbocycles. The van der Waals surface area contributed by atoms with Crippen LogP contribution in [0, 0.1) is 0 Å². The Morgan fingerprint density at radius 1 is 1.29 bits per heavy atom. The van der Waals surface area contributed by atoms with E-state index in [2.05, 4.69) is 37.9 Å². The van der Waals surface area contributed by atoms with Gasteiger partial charge >= 0.3 is 0 Å². The van der Waals surface area contributed by atoms with Gasteiger partial charge in [-0.25, -0.2) is 0 Å². The molecule has 0 aromatic carbocycles. The van der Waals surface area contributed by atoms with Crippen LogP contribution in [0.4, 0.5) is 0 Å². The van der Waals surface area contributed by atoms with Crippen molar-refractivity contribution in [2.45, 2.75) is 13.0 Å². The summed E-state index contributed by atoms with van der Waals surface area (Å²) in [6.07, 6.45) is 1.03.